The fraction of sp³-hybridized carbons (Fsp3) is 0.286. The van der Waals surface area contributed by atoms with Gasteiger partial charge >= 0.3 is 5.97 Å². The zero-order chi connectivity index (χ0) is 19.8. The van der Waals surface area contributed by atoms with Gasteiger partial charge in [0, 0.05) is 24.3 Å². The van der Waals surface area contributed by atoms with E-state index in [2.05, 4.69) is 10.2 Å². The highest BCUT2D eigenvalue weighted by Gasteiger charge is 2.32. The van der Waals surface area contributed by atoms with Crippen molar-refractivity contribution >= 4 is 44.2 Å². The zero-order valence-corrected chi connectivity index (χ0v) is 16.4. The summed E-state index contributed by atoms with van der Waals surface area (Å²) >= 11 is 1.61. The van der Waals surface area contributed by atoms with Crippen molar-refractivity contribution in [3.05, 3.63) is 53.6 Å². The summed E-state index contributed by atoms with van der Waals surface area (Å²) in [4.78, 5) is 31.4. The van der Waals surface area contributed by atoms with Crippen LogP contribution in [0.3, 0.4) is 0 Å². The smallest absolute Gasteiger partial charge is 0.339 e. The van der Waals surface area contributed by atoms with E-state index >= 15 is 0 Å². The van der Waals surface area contributed by atoms with Crippen LogP contribution in [0.5, 0.6) is 0 Å². The van der Waals surface area contributed by atoms with Crippen molar-refractivity contribution in [3.8, 4) is 0 Å². The minimum absolute atomic E-state index is 0.0858. The lowest BCUT2D eigenvalue weighted by atomic mass is 10.0. The second-order valence-electron chi connectivity index (χ2n) is 7.01. The summed E-state index contributed by atoms with van der Waals surface area (Å²) in [5.41, 5.74) is 2.91. The highest BCUT2D eigenvalue weighted by Crippen LogP contribution is 2.34. The van der Waals surface area contributed by atoms with Gasteiger partial charge in [-0.15, -0.1) is 0 Å². The van der Waals surface area contributed by atoms with Crippen molar-refractivity contribution in [1.29, 1.82) is 0 Å². The largest absolute Gasteiger partial charge is 0.453 e. The van der Waals surface area contributed by atoms with Gasteiger partial charge in [0.25, 0.3) is 0 Å². The number of thiazole rings is 1. The molecular formula is C21H19N3O4S. The number of carbonyl (C=O) groups excluding carboxylic acids is 2. The lowest BCUT2D eigenvalue weighted by molar-refractivity contribution is -0.118. The minimum atomic E-state index is -0.543. The molecule has 1 saturated heterocycles. The highest BCUT2D eigenvalue weighted by molar-refractivity contribution is 7.22. The van der Waals surface area contributed by atoms with Crippen LogP contribution in [0.15, 0.2) is 42.5 Å². The Labute approximate surface area is 171 Å². The van der Waals surface area contributed by atoms with Crippen LogP contribution in [-0.4, -0.2) is 43.2 Å². The summed E-state index contributed by atoms with van der Waals surface area (Å²) in [5, 5.41) is 3.88. The Bertz CT molecular complexity index is 1090. The number of esters is 1. The fourth-order valence-electron chi connectivity index (χ4n) is 3.63. The van der Waals surface area contributed by atoms with Gasteiger partial charge < -0.3 is 19.7 Å². The molecule has 1 aromatic heterocycles. The van der Waals surface area contributed by atoms with Crippen LogP contribution in [0.4, 0.5) is 10.8 Å². The maximum Gasteiger partial charge on any atom is 0.339 e. The molecule has 0 bridgehead atoms. The van der Waals surface area contributed by atoms with Crippen LogP contribution in [0, 0.1) is 0 Å². The Morgan fingerprint density at radius 3 is 2.90 bits per heavy atom. The first-order valence-corrected chi connectivity index (χ1v) is 10.3. The number of carbonyl (C=O) groups is 2. The molecule has 7 nitrogen and oxygen atoms in total. The van der Waals surface area contributed by atoms with Crippen molar-refractivity contribution in [3.63, 3.8) is 0 Å². The van der Waals surface area contributed by atoms with Gasteiger partial charge in [-0.3, -0.25) is 4.79 Å². The number of fused-ring (bicyclic) bond motifs is 2. The Morgan fingerprint density at radius 2 is 2.03 bits per heavy atom. The van der Waals surface area contributed by atoms with Crippen molar-refractivity contribution in [2.24, 2.45) is 0 Å². The maximum atomic E-state index is 12.5. The van der Waals surface area contributed by atoms with Gasteiger partial charge in [0.05, 0.1) is 35.4 Å². The summed E-state index contributed by atoms with van der Waals surface area (Å²) < 4.78 is 11.8. The number of nitrogens with one attached hydrogen (secondary N) is 1. The van der Waals surface area contributed by atoms with Crippen molar-refractivity contribution in [2.75, 3.05) is 36.5 Å². The summed E-state index contributed by atoms with van der Waals surface area (Å²) in [5.74, 6) is -0.572. The molecule has 0 spiro atoms. The molecule has 1 atom stereocenters. The van der Waals surface area contributed by atoms with E-state index in [4.69, 9.17) is 14.5 Å². The SMILES string of the molecule is O=C(C[C@@H]1OC(=O)c2ccccc21)Nc1ccc2nc(N3CCOCC3)sc2c1. The summed E-state index contributed by atoms with van der Waals surface area (Å²) in [6, 6.07) is 12.9. The molecule has 3 heterocycles. The first-order valence-electron chi connectivity index (χ1n) is 9.50. The fourth-order valence-corrected chi connectivity index (χ4v) is 4.69. The van der Waals surface area contributed by atoms with E-state index in [1.807, 2.05) is 30.3 Å². The average Bonchev–Trinajstić information content (AvgIpc) is 3.30. The van der Waals surface area contributed by atoms with Crippen molar-refractivity contribution in [1.82, 2.24) is 4.98 Å². The number of amides is 1. The normalized spacial score (nSPS) is 18.6. The summed E-state index contributed by atoms with van der Waals surface area (Å²) in [6.45, 7) is 3.11. The number of ether oxygens (including phenoxy) is 2. The van der Waals surface area contributed by atoms with Gasteiger partial charge in [0.2, 0.25) is 5.91 Å². The van der Waals surface area contributed by atoms with Gasteiger partial charge in [-0.25, -0.2) is 9.78 Å². The lowest BCUT2D eigenvalue weighted by Crippen LogP contribution is -2.36. The molecule has 3 aromatic rings. The molecule has 1 amide bonds. The van der Waals surface area contributed by atoms with Crippen LogP contribution in [0.25, 0.3) is 10.2 Å². The highest BCUT2D eigenvalue weighted by atomic mass is 32.1. The van der Waals surface area contributed by atoms with Crippen LogP contribution >= 0.6 is 11.3 Å². The Morgan fingerprint density at radius 1 is 1.21 bits per heavy atom. The van der Waals surface area contributed by atoms with Crippen LogP contribution < -0.4 is 10.2 Å². The molecule has 2 aliphatic heterocycles. The molecule has 2 aromatic carbocycles. The van der Waals surface area contributed by atoms with E-state index in [-0.39, 0.29) is 18.3 Å². The monoisotopic (exact) mass is 409 g/mol. The number of nitrogens with zero attached hydrogens (tertiary/aromatic N) is 2. The third kappa shape index (κ3) is 3.56. The standard InChI is InChI=1S/C21H19N3O4S/c25-19(12-17-14-3-1-2-4-15(14)20(26)28-17)22-13-5-6-16-18(11-13)29-21(23-16)24-7-9-27-10-8-24/h1-6,11,17H,7-10,12H2,(H,22,25)/t17-/m0/s1. The predicted molar refractivity (Wildman–Crippen MR) is 110 cm³/mol. The van der Waals surface area contributed by atoms with Crippen LogP contribution in [0.2, 0.25) is 0 Å². The maximum absolute atomic E-state index is 12.5. The minimum Gasteiger partial charge on any atom is -0.453 e. The third-order valence-electron chi connectivity index (χ3n) is 5.09. The second-order valence-corrected chi connectivity index (χ2v) is 8.02. The molecule has 8 heteroatoms. The molecule has 2 aliphatic rings. The number of anilines is 2. The summed E-state index contributed by atoms with van der Waals surface area (Å²) in [7, 11) is 0. The number of hydrogen-bond donors (Lipinski definition) is 1. The summed E-state index contributed by atoms with van der Waals surface area (Å²) in [6.07, 6.45) is -0.457. The molecule has 1 N–H and O–H groups in total. The average molecular weight is 409 g/mol. The molecular weight excluding hydrogens is 390 g/mol. The van der Waals surface area contributed by atoms with Crippen LogP contribution in [-0.2, 0) is 14.3 Å². The van der Waals surface area contributed by atoms with Crippen molar-refractivity contribution < 1.29 is 19.1 Å². The molecule has 29 heavy (non-hydrogen) atoms. The van der Waals surface area contributed by atoms with Gasteiger partial charge in [-0.1, -0.05) is 29.5 Å². The first kappa shape index (κ1) is 18.1. The number of morpholine rings is 1. The van der Waals surface area contributed by atoms with Crippen LogP contribution in [0.1, 0.15) is 28.4 Å². The van der Waals surface area contributed by atoms with E-state index in [1.165, 1.54) is 0 Å². The lowest BCUT2D eigenvalue weighted by Gasteiger charge is -2.25. The van der Waals surface area contributed by atoms with Gasteiger partial charge in [-0.05, 0) is 24.3 Å². The number of rotatable bonds is 4. The Hall–Kier alpha value is -2.97. The Kier molecular flexibility index (Phi) is 4.65. The molecule has 148 valence electrons. The van der Waals surface area contributed by atoms with E-state index in [0.29, 0.717) is 24.5 Å². The van der Waals surface area contributed by atoms with E-state index in [1.54, 1.807) is 23.5 Å². The zero-order valence-electron chi connectivity index (χ0n) is 15.6. The van der Waals surface area contributed by atoms with Gasteiger partial charge in [-0.2, -0.15) is 0 Å². The number of hydrogen-bond acceptors (Lipinski definition) is 7. The predicted octanol–water partition coefficient (Wildman–Crippen LogP) is 3.37. The number of benzene rings is 2. The molecule has 0 aliphatic carbocycles. The van der Waals surface area contributed by atoms with E-state index < -0.39 is 6.10 Å². The Balaban J connectivity index is 1.29. The van der Waals surface area contributed by atoms with Gasteiger partial charge in [0.15, 0.2) is 5.13 Å². The number of cyclic esters (lactones) is 1. The molecule has 1 fully saturated rings. The molecule has 0 radical (unpaired) electrons. The van der Waals surface area contributed by atoms with E-state index in [0.717, 1.165) is 34.0 Å². The molecule has 0 saturated carbocycles. The topological polar surface area (TPSA) is 80.8 Å². The molecule has 5 rings (SSSR count). The van der Waals surface area contributed by atoms with Gasteiger partial charge in [0.1, 0.15) is 6.10 Å². The number of aromatic nitrogens is 1. The van der Waals surface area contributed by atoms with E-state index in [9.17, 15) is 9.59 Å². The quantitative estimate of drug-likeness (QED) is 0.666. The second kappa shape index (κ2) is 7.46. The first-order chi connectivity index (χ1) is 14.2. The third-order valence-corrected chi connectivity index (χ3v) is 6.17. The molecule has 0 unspecified atom stereocenters. The van der Waals surface area contributed by atoms with Crippen molar-refractivity contribution in [2.45, 2.75) is 12.5 Å².